The molecule has 0 aliphatic carbocycles. The molecule has 0 spiro atoms. The van der Waals surface area contributed by atoms with Gasteiger partial charge >= 0.3 is 5.97 Å². The second-order valence-corrected chi connectivity index (χ2v) is 3.01. The van der Waals surface area contributed by atoms with Gasteiger partial charge in [0.15, 0.2) is 0 Å². The molecule has 0 N–H and O–H groups in total. The summed E-state index contributed by atoms with van der Waals surface area (Å²) < 4.78 is 9.48. The molecule has 1 heterocycles. The number of methoxy groups -OCH3 is 2. The lowest BCUT2D eigenvalue weighted by Crippen LogP contribution is -2.06. The molecular formula is C9H10ClNO3. The summed E-state index contributed by atoms with van der Waals surface area (Å²) in [7, 11) is 2.73. The van der Waals surface area contributed by atoms with E-state index in [0.29, 0.717) is 11.1 Å². The summed E-state index contributed by atoms with van der Waals surface area (Å²) in [6.45, 7) is 1.73. The van der Waals surface area contributed by atoms with Crippen LogP contribution in [0.2, 0.25) is 5.02 Å². The summed E-state index contributed by atoms with van der Waals surface area (Å²) in [4.78, 5) is 15.2. The van der Waals surface area contributed by atoms with Crippen LogP contribution in [-0.2, 0) is 4.74 Å². The first-order chi connectivity index (χ1) is 6.61. The van der Waals surface area contributed by atoms with E-state index in [4.69, 9.17) is 16.3 Å². The first-order valence-corrected chi connectivity index (χ1v) is 4.27. The van der Waals surface area contributed by atoms with Gasteiger partial charge < -0.3 is 9.47 Å². The highest BCUT2D eigenvalue weighted by molar-refractivity contribution is 6.35. The molecule has 0 aliphatic heterocycles. The molecule has 76 valence electrons. The van der Waals surface area contributed by atoms with Gasteiger partial charge in [-0.1, -0.05) is 11.6 Å². The number of ether oxygens (including phenoxy) is 2. The maximum atomic E-state index is 11.3. The molecule has 4 nitrogen and oxygen atoms in total. The largest absolute Gasteiger partial charge is 0.480 e. The molecule has 0 atom stereocenters. The fourth-order valence-corrected chi connectivity index (χ4v) is 1.40. The molecule has 0 saturated heterocycles. The lowest BCUT2D eigenvalue weighted by atomic mass is 10.1. The molecule has 0 aliphatic rings. The van der Waals surface area contributed by atoms with Gasteiger partial charge in [-0.25, -0.2) is 9.78 Å². The fourth-order valence-electron chi connectivity index (χ4n) is 1.05. The van der Waals surface area contributed by atoms with Crippen molar-refractivity contribution >= 4 is 17.6 Å². The molecular weight excluding hydrogens is 206 g/mol. The molecule has 0 amide bonds. The number of pyridine rings is 1. The van der Waals surface area contributed by atoms with Gasteiger partial charge in [0.05, 0.1) is 19.8 Å². The van der Waals surface area contributed by atoms with Crippen LogP contribution in [0, 0.1) is 6.92 Å². The van der Waals surface area contributed by atoms with Gasteiger partial charge in [0.25, 0.3) is 0 Å². The van der Waals surface area contributed by atoms with Crippen LogP contribution in [-0.4, -0.2) is 25.2 Å². The zero-order valence-electron chi connectivity index (χ0n) is 8.13. The van der Waals surface area contributed by atoms with Gasteiger partial charge in [-0.2, -0.15) is 0 Å². The Kier molecular flexibility index (Phi) is 3.30. The van der Waals surface area contributed by atoms with Crippen molar-refractivity contribution in [1.29, 1.82) is 0 Å². The molecule has 0 radical (unpaired) electrons. The number of rotatable bonds is 2. The third-order valence-corrected chi connectivity index (χ3v) is 2.11. The van der Waals surface area contributed by atoms with Crippen LogP contribution >= 0.6 is 11.6 Å². The molecule has 0 unspecified atom stereocenters. The lowest BCUT2D eigenvalue weighted by Gasteiger charge is -2.08. The summed E-state index contributed by atoms with van der Waals surface area (Å²) >= 11 is 5.90. The zero-order chi connectivity index (χ0) is 10.7. The first kappa shape index (κ1) is 10.8. The predicted molar refractivity (Wildman–Crippen MR) is 51.9 cm³/mol. The van der Waals surface area contributed by atoms with E-state index in [2.05, 4.69) is 9.72 Å². The lowest BCUT2D eigenvalue weighted by molar-refractivity contribution is 0.0599. The second-order valence-electron chi connectivity index (χ2n) is 2.63. The number of nitrogens with zero attached hydrogens (tertiary/aromatic N) is 1. The fraction of sp³-hybridized carbons (Fsp3) is 0.333. The van der Waals surface area contributed by atoms with Crippen LogP contribution in [0.15, 0.2) is 6.20 Å². The molecule has 0 bridgehead atoms. The number of aromatic nitrogens is 1. The molecule has 14 heavy (non-hydrogen) atoms. The van der Waals surface area contributed by atoms with Gasteiger partial charge in [0.2, 0.25) is 5.88 Å². The molecule has 5 heteroatoms. The molecule has 0 aromatic carbocycles. The molecule has 1 aromatic rings. The van der Waals surface area contributed by atoms with Crippen molar-refractivity contribution in [1.82, 2.24) is 4.98 Å². The van der Waals surface area contributed by atoms with Crippen molar-refractivity contribution in [2.45, 2.75) is 6.92 Å². The van der Waals surface area contributed by atoms with Crippen LogP contribution in [0.5, 0.6) is 5.88 Å². The van der Waals surface area contributed by atoms with E-state index in [1.54, 1.807) is 6.92 Å². The standard InChI is InChI=1S/C9H10ClNO3/c1-5-4-11-8(13-2)7(10)6(5)9(12)14-3/h4H,1-3H3. The molecule has 1 aromatic heterocycles. The predicted octanol–water partition coefficient (Wildman–Crippen LogP) is 1.84. The van der Waals surface area contributed by atoms with Crippen molar-refractivity contribution in [3.05, 3.63) is 22.3 Å². The Balaban J connectivity index is 3.32. The first-order valence-electron chi connectivity index (χ1n) is 3.89. The number of carbonyl (C=O) groups is 1. The number of hydrogen-bond donors (Lipinski definition) is 0. The van der Waals surface area contributed by atoms with Gasteiger partial charge in [0.1, 0.15) is 5.02 Å². The third kappa shape index (κ3) is 1.80. The number of carbonyl (C=O) groups excluding carboxylic acids is 1. The van der Waals surface area contributed by atoms with E-state index in [1.165, 1.54) is 20.4 Å². The van der Waals surface area contributed by atoms with Crippen LogP contribution in [0.3, 0.4) is 0 Å². The smallest absolute Gasteiger partial charge is 0.339 e. The highest BCUT2D eigenvalue weighted by Crippen LogP contribution is 2.28. The number of aryl methyl sites for hydroxylation is 1. The normalized spacial score (nSPS) is 9.71. The average molecular weight is 216 g/mol. The maximum Gasteiger partial charge on any atom is 0.339 e. The highest BCUT2D eigenvalue weighted by Gasteiger charge is 2.18. The van der Waals surface area contributed by atoms with E-state index < -0.39 is 5.97 Å². The minimum absolute atomic E-state index is 0.180. The SMILES string of the molecule is COC(=O)c1c(C)cnc(OC)c1Cl. The monoisotopic (exact) mass is 215 g/mol. The highest BCUT2D eigenvalue weighted by atomic mass is 35.5. The molecule has 0 fully saturated rings. The van der Waals surface area contributed by atoms with E-state index in [0.717, 1.165) is 0 Å². The maximum absolute atomic E-state index is 11.3. The van der Waals surface area contributed by atoms with Crippen molar-refractivity contribution in [3.8, 4) is 5.88 Å². The summed E-state index contributed by atoms with van der Waals surface area (Å²) in [5.74, 6) is -0.272. The van der Waals surface area contributed by atoms with Gasteiger partial charge in [0, 0.05) is 6.20 Å². The van der Waals surface area contributed by atoms with E-state index in [-0.39, 0.29) is 10.9 Å². The van der Waals surface area contributed by atoms with Crippen LogP contribution in [0.1, 0.15) is 15.9 Å². The Morgan fingerprint density at radius 1 is 1.50 bits per heavy atom. The summed E-state index contributed by atoms with van der Waals surface area (Å²) in [5.41, 5.74) is 0.948. The Morgan fingerprint density at radius 3 is 2.64 bits per heavy atom. The Bertz CT molecular complexity index is 365. The summed E-state index contributed by atoms with van der Waals surface area (Å²) in [6.07, 6.45) is 1.51. The zero-order valence-corrected chi connectivity index (χ0v) is 8.88. The topological polar surface area (TPSA) is 48.4 Å². The quantitative estimate of drug-likeness (QED) is 0.707. The minimum atomic E-state index is -0.492. The van der Waals surface area contributed by atoms with Crippen LogP contribution < -0.4 is 4.74 Å². The number of halogens is 1. The molecule has 0 saturated carbocycles. The van der Waals surface area contributed by atoms with Crippen molar-refractivity contribution in [2.24, 2.45) is 0 Å². The van der Waals surface area contributed by atoms with Crippen molar-refractivity contribution in [2.75, 3.05) is 14.2 Å². The number of esters is 1. The van der Waals surface area contributed by atoms with Gasteiger partial charge in [-0.05, 0) is 12.5 Å². The van der Waals surface area contributed by atoms with Crippen LogP contribution in [0.4, 0.5) is 0 Å². The van der Waals surface area contributed by atoms with Gasteiger partial charge in [-0.15, -0.1) is 0 Å². The minimum Gasteiger partial charge on any atom is -0.480 e. The van der Waals surface area contributed by atoms with Crippen molar-refractivity contribution in [3.63, 3.8) is 0 Å². The third-order valence-electron chi connectivity index (χ3n) is 1.76. The number of hydrogen-bond acceptors (Lipinski definition) is 4. The van der Waals surface area contributed by atoms with E-state index in [1.807, 2.05) is 0 Å². The summed E-state index contributed by atoms with van der Waals surface area (Å²) in [5, 5.41) is 0.180. The molecule has 1 rings (SSSR count). The van der Waals surface area contributed by atoms with Crippen molar-refractivity contribution < 1.29 is 14.3 Å². The van der Waals surface area contributed by atoms with Gasteiger partial charge in [-0.3, -0.25) is 0 Å². The Morgan fingerprint density at radius 2 is 2.14 bits per heavy atom. The van der Waals surface area contributed by atoms with Crippen LogP contribution in [0.25, 0.3) is 0 Å². The van der Waals surface area contributed by atoms with E-state index >= 15 is 0 Å². The average Bonchev–Trinajstić information content (AvgIpc) is 2.18. The van der Waals surface area contributed by atoms with E-state index in [9.17, 15) is 4.79 Å². The summed E-state index contributed by atoms with van der Waals surface area (Å²) in [6, 6.07) is 0. The second kappa shape index (κ2) is 4.28. The Hall–Kier alpha value is -1.29. The Labute approximate surface area is 86.8 Å².